The number of nitrogens with zero attached hydrogens (tertiary/aromatic N) is 2. The van der Waals surface area contributed by atoms with Crippen molar-refractivity contribution in [1.29, 1.82) is 0 Å². The Kier molecular flexibility index (Phi) is 8.29. The standard InChI is InChI=1S/C32H39N3O5S/c1-32(2,3)25-11-16-29-28(19-25)35(41(37,38)27-14-12-26(39-4)13-15-27)22-30(40-29)31(36)33-20-23-7-9-24(10-8-23)21-34-17-5-6-18-34/h7-16,19,30H,5-6,17-18,20-22H2,1-4H3,(H,33,36)/t30-/m0/s1. The Bertz CT molecular complexity index is 1480. The number of carbonyl (C=O) groups is 1. The number of amides is 1. The van der Waals surface area contributed by atoms with Gasteiger partial charge in [0.25, 0.3) is 15.9 Å². The summed E-state index contributed by atoms with van der Waals surface area (Å²) in [6, 6.07) is 20.0. The zero-order valence-electron chi connectivity index (χ0n) is 24.2. The highest BCUT2D eigenvalue weighted by Crippen LogP contribution is 2.40. The summed E-state index contributed by atoms with van der Waals surface area (Å²) in [4.78, 5) is 15.9. The molecule has 0 spiro atoms. The van der Waals surface area contributed by atoms with Crippen LogP contribution in [0.5, 0.6) is 11.5 Å². The fourth-order valence-electron chi connectivity index (χ4n) is 5.22. The first-order valence-corrected chi connectivity index (χ1v) is 15.5. The second-order valence-corrected chi connectivity index (χ2v) is 13.6. The molecule has 3 aromatic rings. The molecular formula is C32H39N3O5S. The molecule has 2 heterocycles. The van der Waals surface area contributed by atoms with Crippen molar-refractivity contribution < 1.29 is 22.7 Å². The van der Waals surface area contributed by atoms with Crippen LogP contribution in [0.25, 0.3) is 0 Å². The number of likely N-dealkylation sites (tertiary alicyclic amines) is 1. The molecule has 0 aliphatic carbocycles. The van der Waals surface area contributed by atoms with Gasteiger partial charge in [-0.3, -0.25) is 14.0 Å². The average molecular weight is 578 g/mol. The Labute approximate surface area is 243 Å². The molecule has 2 aliphatic heterocycles. The fraction of sp³-hybridized carbons (Fsp3) is 0.406. The van der Waals surface area contributed by atoms with E-state index in [-0.39, 0.29) is 22.8 Å². The van der Waals surface area contributed by atoms with Gasteiger partial charge in [0.2, 0.25) is 0 Å². The van der Waals surface area contributed by atoms with Gasteiger partial charge in [0, 0.05) is 13.1 Å². The molecule has 1 amide bonds. The third-order valence-electron chi connectivity index (χ3n) is 7.73. The molecule has 3 aromatic carbocycles. The maximum absolute atomic E-state index is 13.9. The molecule has 0 aromatic heterocycles. The van der Waals surface area contributed by atoms with Crippen LogP contribution in [0.15, 0.2) is 71.6 Å². The number of hydrogen-bond donors (Lipinski definition) is 1. The van der Waals surface area contributed by atoms with Crippen LogP contribution in [0.1, 0.15) is 50.3 Å². The summed E-state index contributed by atoms with van der Waals surface area (Å²) in [6.45, 7) is 9.61. The van der Waals surface area contributed by atoms with Crippen LogP contribution in [-0.2, 0) is 33.3 Å². The highest BCUT2D eigenvalue weighted by atomic mass is 32.2. The van der Waals surface area contributed by atoms with Crippen LogP contribution in [0, 0.1) is 0 Å². The molecule has 1 fully saturated rings. The quantitative estimate of drug-likeness (QED) is 0.412. The Morgan fingerprint density at radius 2 is 1.63 bits per heavy atom. The lowest BCUT2D eigenvalue weighted by Gasteiger charge is -2.36. The van der Waals surface area contributed by atoms with Crippen molar-refractivity contribution in [1.82, 2.24) is 10.2 Å². The zero-order valence-corrected chi connectivity index (χ0v) is 25.0. The van der Waals surface area contributed by atoms with Crippen molar-refractivity contribution in [2.45, 2.75) is 63.1 Å². The number of carbonyl (C=O) groups excluding carboxylic acids is 1. The summed E-state index contributed by atoms with van der Waals surface area (Å²) >= 11 is 0. The van der Waals surface area contributed by atoms with Crippen LogP contribution in [0.3, 0.4) is 0 Å². The van der Waals surface area contributed by atoms with E-state index in [1.807, 2.05) is 24.3 Å². The minimum Gasteiger partial charge on any atom is -0.497 e. The van der Waals surface area contributed by atoms with E-state index in [4.69, 9.17) is 9.47 Å². The van der Waals surface area contributed by atoms with Gasteiger partial charge in [-0.15, -0.1) is 0 Å². The number of ether oxygens (including phenoxy) is 2. The topological polar surface area (TPSA) is 88.2 Å². The Morgan fingerprint density at radius 3 is 2.27 bits per heavy atom. The van der Waals surface area contributed by atoms with E-state index in [9.17, 15) is 13.2 Å². The van der Waals surface area contributed by atoms with Gasteiger partial charge < -0.3 is 14.8 Å². The van der Waals surface area contributed by atoms with Crippen molar-refractivity contribution in [2.75, 3.05) is 31.0 Å². The lowest BCUT2D eigenvalue weighted by atomic mass is 9.86. The Balaban J connectivity index is 1.35. The number of hydrogen-bond acceptors (Lipinski definition) is 6. The highest BCUT2D eigenvalue weighted by molar-refractivity contribution is 7.92. The van der Waals surface area contributed by atoms with Gasteiger partial charge in [0.05, 0.1) is 24.2 Å². The lowest BCUT2D eigenvalue weighted by molar-refractivity contribution is -0.127. The van der Waals surface area contributed by atoms with Crippen LogP contribution < -0.4 is 19.1 Å². The third kappa shape index (κ3) is 6.52. The average Bonchev–Trinajstić information content (AvgIpc) is 3.48. The van der Waals surface area contributed by atoms with E-state index in [0.717, 1.165) is 30.8 Å². The molecular weight excluding hydrogens is 538 g/mol. The van der Waals surface area contributed by atoms with Crippen LogP contribution >= 0.6 is 0 Å². The third-order valence-corrected chi connectivity index (χ3v) is 9.52. The number of fused-ring (bicyclic) bond motifs is 1. The molecule has 1 saturated heterocycles. The predicted octanol–water partition coefficient (Wildman–Crippen LogP) is 4.86. The second kappa shape index (κ2) is 11.7. The minimum absolute atomic E-state index is 0.112. The van der Waals surface area contributed by atoms with Crippen LogP contribution in [-0.4, -0.2) is 52.1 Å². The molecule has 8 nitrogen and oxygen atoms in total. The summed E-state index contributed by atoms with van der Waals surface area (Å²) in [5.74, 6) is 0.544. The summed E-state index contributed by atoms with van der Waals surface area (Å²) in [7, 11) is -2.47. The number of methoxy groups -OCH3 is 1. The fourth-order valence-corrected chi connectivity index (χ4v) is 6.69. The smallest absolute Gasteiger partial charge is 0.264 e. The van der Waals surface area contributed by atoms with Gasteiger partial charge in [-0.25, -0.2) is 8.42 Å². The van der Waals surface area contributed by atoms with E-state index >= 15 is 0 Å². The maximum atomic E-state index is 13.9. The van der Waals surface area contributed by atoms with Crippen molar-refractivity contribution in [2.24, 2.45) is 0 Å². The molecule has 0 saturated carbocycles. The van der Waals surface area contributed by atoms with Crippen molar-refractivity contribution in [3.8, 4) is 11.5 Å². The van der Waals surface area contributed by atoms with Gasteiger partial charge in [0.1, 0.15) is 11.5 Å². The molecule has 1 atom stereocenters. The Morgan fingerprint density at radius 1 is 0.976 bits per heavy atom. The monoisotopic (exact) mass is 577 g/mol. The van der Waals surface area contributed by atoms with E-state index in [0.29, 0.717) is 23.7 Å². The number of benzene rings is 3. The molecule has 9 heteroatoms. The SMILES string of the molecule is COc1ccc(S(=O)(=O)N2C[C@@H](C(=O)NCc3ccc(CN4CCCC4)cc3)Oc3ccc(C(C)(C)C)cc32)cc1. The van der Waals surface area contributed by atoms with E-state index in [1.54, 1.807) is 18.2 Å². The van der Waals surface area contributed by atoms with Crippen molar-refractivity contribution >= 4 is 21.6 Å². The summed E-state index contributed by atoms with van der Waals surface area (Å²) < 4.78 is 40.4. The van der Waals surface area contributed by atoms with Crippen LogP contribution in [0.2, 0.25) is 0 Å². The molecule has 0 bridgehead atoms. The minimum atomic E-state index is -4.00. The van der Waals surface area contributed by atoms with Crippen LogP contribution in [0.4, 0.5) is 5.69 Å². The van der Waals surface area contributed by atoms with E-state index in [2.05, 4.69) is 43.1 Å². The second-order valence-electron chi connectivity index (χ2n) is 11.8. The first kappa shape index (κ1) is 29.0. The summed E-state index contributed by atoms with van der Waals surface area (Å²) in [5, 5.41) is 2.94. The highest BCUT2D eigenvalue weighted by Gasteiger charge is 2.38. The first-order valence-electron chi connectivity index (χ1n) is 14.1. The van der Waals surface area contributed by atoms with Gasteiger partial charge in [-0.05, 0) is 84.4 Å². The van der Waals surface area contributed by atoms with Crippen molar-refractivity contribution in [3.05, 3.63) is 83.4 Å². The Hall–Kier alpha value is -3.56. The zero-order chi connectivity index (χ0) is 29.2. The summed E-state index contributed by atoms with van der Waals surface area (Å²) in [6.07, 6.45) is 1.51. The largest absolute Gasteiger partial charge is 0.497 e. The number of sulfonamides is 1. The van der Waals surface area contributed by atoms with Gasteiger partial charge in [-0.1, -0.05) is 51.1 Å². The number of nitrogens with one attached hydrogen (secondary N) is 1. The summed E-state index contributed by atoms with van der Waals surface area (Å²) in [5.41, 5.74) is 3.40. The molecule has 2 aliphatic rings. The molecule has 0 unspecified atom stereocenters. The first-order chi connectivity index (χ1) is 19.5. The van der Waals surface area contributed by atoms with Crippen molar-refractivity contribution in [3.63, 3.8) is 0 Å². The molecule has 0 radical (unpaired) electrons. The molecule has 1 N–H and O–H groups in total. The number of anilines is 1. The molecule has 41 heavy (non-hydrogen) atoms. The van der Waals surface area contributed by atoms with E-state index in [1.165, 1.54) is 42.0 Å². The van der Waals surface area contributed by atoms with Gasteiger partial charge >= 0.3 is 0 Å². The lowest BCUT2D eigenvalue weighted by Crippen LogP contribution is -2.50. The molecule has 218 valence electrons. The maximum Gasteiger partial charge on any atom is 0.264 e. The van der Waals surface area contributed by atoms with E-state index < -0.39 is 16.1 Å². The predicted molar refractivity (Wildman–Crippen MR) is 160 cm³/mol. The molecule has 5 rings (SSSR count). The number of rotatable bonds is 8. The normalized spacial score (nSPS) is 17.6. The van der Waals surface area contributed by atoms with Gasteiger partial charge in [-0.2, -0.15) is 0 Å². The van der Waals surface area contributed by atoms with Gasteiger partial charge in [0.15, 0.2) is 6.10 Å².